The van der Waals surface area contributed by atoms with Gasteiger partial charge in [-0.1, -0.05) is 18.2 Å². The zero-order chi connectivity index (χ0) is 19.7. The molecule has 4 rings (SSSR count). The van der Waals surface area contributed by atoms with Crippen molar-refractivity contribution >= 4 is 27.8 Å². The summed E-state index contributed by atoms with van der Waals surface area (Å²) in [5.41, 5.74) is 3.41. The van der Waals surface area contributed by atoms with Crippen LogP contribution in [0.5, 0.6) is 0 Å². The molecule has 0 unspecified atom stereocenters. The standard InChI is InChI=1S/C21H20N6O/c1-14(2)26-16-8-4-3-7-15(16)19-17(26)13-18(20(28)23-10-5-9-22)27(19)21-24-11-6-12-25-21/h3-4,6-8,11-14H,5,10H2,1-2H3,(H,23,28). The average molecular weight is 372 g/mol. The lowest BCUT2D eigenvalue weighted by molar-refractivity contribution is 0.0948. The second-order valence-corrected chi connectivity index (χ2v) is 6.79. The van der Waals surface area contributed by atoms with E-state index in [1.807, 2.05) is 30.3 Å². The Morgan fingerprint density at radius 1 is 1.18 bits per heavy atom. The fourth-order valence-corrected chi connectivity index (χ4v) is 3.61. The Morgan fingerprint density at radius 3 is 2.64 bits per heavy atom. The molecule has 0 fully saturated rings. The number of aromatic nitrogens is 4. The smallest absolute Gasteiger partial charge is 0.268 e. The molecule has 28 heavy (non-hydrogen) atoms. The minimum Gasteiger partial charge on any atom is -0.350 e. The van der Waals surface area contributed by atoms with Crippen molar-refractivity contribution < 1.29 is 4.79 Å². The quantitative estimate of drug-likeness (QED) is 0.542. The molecule has 0 aliphatic heterocycles. The number of nitrogens with one attached hydrogen (secondary N) is 1. The van der Waals surface area contributed by atoms with Crippen LogP contribution in [-0.2, 0) is 0 Å². The lowest BCUT2D eigenvalue weighted by atomic mass is 10.2. The molecule has 4 aromatic rings. The first-order valence-electron chi connectivity index (χ1n) is 9.20. The van der Waals surface area contributed by atoms with E-state index >= 15 is 0 Å². The Bertz CT molecular complexity index is 1200. The van der Waals surface area contributed by atoms with E-state index in [-0.39, 0.29) is 18.4 Å². The summed E-state index contributed by atoms with van der Waals surface area (Å²) in [6, 6.07) is 14.0. The fraction of sp³-hybridized carbons (Fsp3) is 0.238. The maximum atomic E-state index is 12.9. The van der Waals surface area contributed by atoms with Crippen molar-refractivity contribution in [3.63, 3.8) is 0 Å². The Kier molecular flexibility index (Phi) is 4.53. The van der Waals surface area contributed by atoms with Crippen LogP contribution < -0.4 is 5.32 Å². The van der Waals surface area contributed by atoms with Crippen LogP contribution in [0.25, 0.3) is 27.9 Å². The number of amides is 1. The third-order valence-corrected chi connectivity index (χ3v) is 4.68. The van der Waals surface area contributed by atoms with Crippen LogP contribution in [0, 0.1) is 11.3 Å². The highest BCUT2D eigenvalue weighted by Crippen LogP contribution is 2.35. The number of fused-ring (bicyclic) bond motifs is 3. The van der Waals surface area contributed by atoms with E-state index < -0.39 is 0 Å². The van der Waals surface area contributed by atoms with Crippen molar-refractivity contribution in [2.24, 2.45) is 0 Å². The first-order chi connectivity index (χ1) is 13.6. The maximum absolute atomic E-state index is 12.9. The summed E-state index contributed by atoms with van der Waals surface area (Å²) in [6.07, 6.45) is 3.58. The van der Waals surface area contributed by atoms with Gasteiger partial charge in [-0.05, 0) is 32.0 Å². The van der Waals surface area contributed by atoms with Gasteiger partial charge >= 0.3 is 0 Å². The SMILES string of the molecule is CC(C)n1c2ccccc2c2c1cc(C(=O)NCCC#N)n2-c1ncccn1. The second kappa shape index (κ2) is 7.16. The Morgan fingerprint density at radius 2 is 1.93 bits per heavy atom. The van der Waals surface area contributed by atoms with Crippen LogP contribution >= 0.6 is 0 Å². The van der Waals surface area contributed by atoms with E-state index in [1.165, 1.54) is 0 Å². The molecule has 0 saturated heterocycles. The van der Waals surface area contributed by atoms with Crippen LogP contribution in [0.1, 0.15) is 36.8 Å². The van der Waals surface area contributed by atoms with Crippen molar-refractivity contribution in [1.82, 2.24) is 24.4 Å². The summed E-state index contributed by atoms with van der Waals surface area (Å²) < 4.78 is 4.02. The summed E-state index contributed by atoms with van der Waals surface area (Å²) in [5, 5.41) is 12.6. The predicted molar refractivity (Wildman–Crippen MR) is 107 cm³/mol. The summed E-state index contributed by atoms with van der Waals surface area (Å²) >= 11 is 0. The average Bonchev–Trinajstić information content (AvgIpc) is 3.23. The van der Waals surface area contributed by atoms with E-state index in [4.69, 9.17) is 5.26 Å². The van der Waals surface area contributed by atoms with E-state index in [2.05, 4.69) is 39.8 Å². The number of carbonyl (C=O) groups excluding carboxylic acids is 1. The van der Waals surface area contributed by atoms with Gasteiger partial charge < -0.3 is 9.88 Å². The molecular weight excluding hydrogens is 352 g/mol. The topological polar surface area (TPSA) is 88.5 Å². The lowest BCUT2D eigenvalue weighted by Crippen LogP contribution is -2.26. The number of nitrogens with zero attached hydrogens (tertiary/aromatic N) is 5. The molecule has 0 radical (unpaired) electrons. The van der Waals surface area contributed by atoms with Gasteiger partial charge in [-0.15, -0.1) is 0 Å². The number of hydrogen-bond donors (Lipinski definition) is 1. The molecule has 0 saturated carbocycles. The number of para-hydroxylation sites is 1. The highest BCUT2D eigenvalue weighted by atomic mass is 16.1. The van der Waals surface area contributed by atoms with Crippen LogP contribution in [-0.4, -0.2) is 31.6 Å². The minimum atomic E-state index is -0.252. The molecule has 0 aliphatic rings. The number of hydrogen-bond acceptors (Lipinski definition) is 4. The van der Waals surface area contributed by atoms with Gasteiger partial charge in [0.15, 0.2) is 0 Å². The first kappa shape index (κ1) is 17.7. The van der Waals surface area contributed by atoms with Gasteiger partial charge in [0, 0.05) is 30.4 Å². The lowest BCUT2D eigenvalue weighted by Gasteiger charge is -2.10. The molecule has 7 heteroatoms. The van der Waals surface area contributed by atoms with E-state index in [1.54, 1.807) is 23.0 Å². The Hall–Kier alpha value is -3.66. The third-order valence-electron chi connectivity index (χ3n) is 4.68. The van der Waals surface area contributed by atoms with E-state index in [0.717, 1.165) is 21.9 Å². The minimum absolute atomic E-state index is 0.212. The normalized spacial score (nSPS) is 11.2. The molecule has 3 heterocycles. The van der Waals surface area contributed by atoms with Crippen molar-refractivity contribution in [3.05, 3.63) is 54.5 Å². The largest absolute Gasteiger partial charge is 0.350 e. The Balaban J connectivity index is 2.03. The van der Waals surface area contributed by atoms with Gasteiger partial charge in [0.2, 0.25) is 5.95 Å². The van der Waals surface area contributed by atoms with Gasteiger partial charge in [-0.3, -0.25) is 9.36 Å². The Labute approximate surface area is 162 Å². The van der Waals surface area contributed by atoms with Gasteiger partial charge in [0.1, 0.15) is 5.69 Å². The molecule has 1 N–H and O–H groups in total. The van der Waals surface area contributed by atoms with Gasteiger partial charge in [0.25, 0.3) is 5.91 Å². The van der Waals surface area contributed by atoms with Crippen molar-refractivity contribution in [1.29, 1.82) is 5.26 Å². The number of nitriles is 1. The molecule has 3 aromatic heterocycles. The highest BCUT2D eigenvalue weighted by Gasteiger charge is 2.24. The first-order valence-corrected chi connectivity index (χ1v) is 9.20. The molecule has 140 valence electrons. The predicted octanol–water partition coefficient (Wildman–Crippen LogP) is 3.60. The molecule has 0 aliphatic carbocycles. The van der Waals surface area contributed by atoms with Crippen molar-refractivity contribution in [2.45, 2.75) is 26.3 Å². The number of benzene rings is 1. The molecule has 7 nitrogen and oxygen atoms in total. The van der Waals surface area contributed by atoms with E-state index in [9.17, 15) is 4.79 Å². The van der Waals surface area contributed by atoms with Gasteiger partial charge in [-0.25, -0.2) is 9.97 Å². The van der Waals surface area contributed by atoms with E-state index in [0.29, 0.717) is 18.2 Å². The van der Waals surface area contributed by atoms with Crippen LogP contribution in [0.4, 0.5) is 0 Å². The highest BCUT2D eigenvalue weighted by molar-refractivity contribution is 6.11. The molecule has 0 bridgehead atoms. The summed E-state index contributed by atoms with van der Waals surface area (Å²) in [5.74, 6) is 0.188. The zero-order valence-corrected chi connectivity index (χ0v) is 15.8. The molecule has 1 amide bonds. The monoisotopic (exact) mass is 372 g/mol. The maximum Gasteiger partial charge on any atom is 0.268 e. The fourth-order valence-electron chi connectivity index (χ4n) is 3.61. The molecule has 0 spiro atoms. The van der Waals surface area contributed by atoms with Gasteiger partial charge in [-0.2, -0.15) is 5.26 Å². The second-order valence-electron chi connectivity index (χ2n) is 6.79. The number of rotatable bonds is 5. The number of carbonyl (C=O) groups is 1. The van der Waals surface area contributed by atoms with Crippen LogP contribution in [0.2, 0.25) is 0 Å². The molecule has 1 aromatic carbocycles. The third kappa shape index (κ3) is 2.79. The van der Waals surface area contributed by atoms with Crippen LogP contribution in [0.3, 0.4) is 0 Å². The van der Waals surface area contributed by atoms with Crippen molar-refractivity contribution in [2.75, 3.05) is 6.54 Å². The van der Waals surface area contributed by atoms with Crippen molar-refractivity contribution in [3.8, 4) is 12.0 Å². The summed E-state index contributed by atoms with van der Waals surface area (Å²) in [6.45, 7) is 4.54. The van der Waals surface area contributed by atoms with Crippen LogP contribution in [0.15, 0.2) is 48.8 Å². The summed E-state index contributed by atoms with van der Waals surface area (Å²) in [7, 11) is 0. The van der Waals surface area contributed by atoms with Gasteiger partial charge in [0.05, 0.1) is 29.0 Å². The summed E-state index contributed by atoms with van der Waals surface area (Å²) in [4.78, 5) is 21.7. The molecule has 0 atom stereocenters. The molecular formula is C21H20N6O. The zero-order valence-electron chi connectivity index (χ0n) is 15.8.